The summed E-state index contributed by atoms with van der Waals surface area (Å²) in [5.41, 5.74) is 0.860. The van der Waals surface area contributed by atoms with Gasteiger partial charge in [-0.25, -0.2) is 0 Å². The molecule has 2 rings (SSSR count). The average Bonchev–Trinajstić information content (AvgIpc) is 2.37. The maximum Gasteiger partial charge on any atom is 0.123 e. The Morgan fingerprint density at radius 2 is 1.81 bits per heavy atom. The third-order valence-electron chi connectivity index (χ3n) is 3.81. The third-order valence-corrected chi connectivity index (χ3v) is 3.81. The van der Waals surface area contributed by atoms with Gasteiger partial charge in [0, 0.05) is 50.0 Å². The number of aliphatic hydroxyl groups excluding tert-OH is 1. The van der Waals surface area contributed by atoms with Gasteiger partial charge >= 0.3 is 0 Å². The van der Waals surface area contributed by atoms with Crippen molar-refractivity contribution >= 4 is 5.69 Å². The molecule has 0 aliphatic carbocycles. The molecule has 1 fully saturated rings. The Labute approximate surface area is 126 Å². The van der Waals surface area contributed by atoms with E-state index < -0.39 is 11.7 Å². The van der Waals surface area contributed by atoms with Gasteiger partial charge in [0.25, 0.3) is 0 Å². The van der Waals surface area contributed by atoms with E-state index in [9.17, 15) is 15.3 Å². The lowest BCUT2D eigenvalue weighted by Gasteiger charge is -2.38. The van der Waals surface area contributed by atoms with Crippen LogP contribution in [0.5, 0.6) is 5.75 Å². The van der Waals surface area contributed by atoms with Crippen LogP contribution in [0.1, 0.15) is 32.4 Å². The fourth-order valence-electron chi connectivity index (χ4n) is 2.79. The summed E-state index contributed by atoms with van der Waals surface area (Å²) in [6.45, 7) is 9.48. The van der Waals surface area contributed by atoms with Gasteiger partial charge in [0.15, 0.2) is 0 Å². The smallest absolute Gasteiger partial charge is 0.123 e. The second kappa shape index (κ2) is 6.22. The van der Waals surface area contributed by atoms with Crippen LogP contribution in [0.3, 0.4) is 0 Å². The van der Waals surface area contributed by atoms with Crippen molar-refractivity contribution in [1.82, 2.24) is 4.90 Å². The zero-order valence-corrected chi connectivity index (χ0v) is 13.1. The molecule has 1 atom stereocenters. The number of aromatic hydroxyl groups is 1. The maximum absolute atomic E-state index is 9.97. The van der Waals surface area contributed by atoms with E-state index in [1.54, 1.807) is 19.1 Å². The Bertz CT molecular complexity index is 475. The molecule has 1 unspecified atom stereocenters. The molecule has 0 spiro atoms. The zero-order valence-electron chi connectivity index (χ0n) is 13.1. The molecule has 0 bridgehead atoms. The van der Waals surface area contributed by atoms with Gasteiger partial charge in [-0.3, -0.25) is 4.90 Å². The molecule has 0 saturated carbocycles. The molecule has 1 heterocycles. The first kappa shape index (κ1) is 16.1. The van der Waals surface area contributed by atoms with E-state index in [4.69, 9.17) is 0 Å². The molecule has 5 nitrogen and oxygen atoms in total. The molecular formula is C16H26N2O3. The average molecular weight is 294 g/mol. The summed E-state index contributed by atoms with van der Waals surface area (Å²) < 4.78 is 0. The molecule has 0 aromatic heterocycles. The highest BCUT2D eigenvalue weighted by Crippen LogP contribution is 2.29. The van der Waals surface area contributed by atoms with Gasteiger partial charge in [0.05, 0.1) is 11.7 Å². The van der Waals surface area contributed by atoms with Gasteiger partial charge in [-0.1, -0.05) is 6.07 Å². The Kier molecular flexibility index (Phi) is 4.76. The number of benzene rings is 1. The predicted molar refractivity (Wildman–Crippen MR) is 83.7 cm³/mol. The number of piperazine rings is 1. The maximum atomic E-state index is 9.97. The number of aliphatic hydroxyl groups is 2. The molecule has 1 aromatic carbocycles. The number of hydrogen-bond donors (Lipinski definition) is 3. The molecule has 1 aromatic rings. The van der Waals surface area contributed by atoms with E-state index >= 15 is 0 Å². The van der Waals surface area contributed by atoms with Crippen molar-refractivity contribution in [1.29, 1.82) is 0 Å². The van der Waals surface area contributed by atoms with Crippen molar-refractivity contribution in [2.75, 3.05) is 37.6 Å². The number of nitrogens with zero attached hydrogens (tertiary/aromatic N) is 2. The van der Waals surface area contributed by atoms with Gasteiger partial charge in [-0.15, -0.1) is 0 Å². The van der Waals surface area contributed by atoms with Crippen LogP contribution in [0.25, 0.3) is 0 Å². The SMILES string of the molecule is CC(O)c1ccc(N2CCN(CC(C)(C)O)CC2)cc1O. The standard InChI is InChI=1S/C16H26N2O3/c1-12(19)14-5-4-13(10-15(14)20)18-8-6-17(7-9-18)11-16(2,3)21/h4-5,10,12,19-21H,6-9,11H2,1-3H3. The topological polar surface area (TPSA) is 67.2 Å². The van der Waals surface area contributed by atoms with Gasteiger partial charge in [-0.2, -0.15) is 0 Å². The zero-order chi connectivity index (χ0) is 15.6. The van der Waals surface area contributed by atoms with Crippen LogP contribution in [-0.4, -0.2) is 58.5 Å². The monoisotopic (exact) mass is 294 g/mol. The molecule has 1 aliphatic heterocycles. The number of anilines is 1. The lowest BCUT2D eigenvalue weighted by Crippen LogP contribution is -2.50. The first-order chi connectivity index (χ1) is 9.76. The van der Waals surface area contributed by atoms with Crippen molar-refractivity contribution < 1.29 is 15.3 Å². The molecule has 21 heavy (non-hydrogen) atoms. The molecule has 3 N–H and O–H groups in total. The fraction of sp³-hybridized carbons (Fsp3) is 0.625. The predicted octanol–water partition coefficient (Wildman–Crippen LogP) is 1.34. The Morgan fingerprint density at radius 3 is 2.29 bits per heavy atom. The van der Waals surface area contributed by atoms with E-state index in [1.807, 2.05) is 19.9 Å². The van der Waals surface area contributed by atoms with E-state index in [-0.39, 0.29) is 5.75 Å². The van der Waals surface area contributed by atoms with Gasteiger partial charge in [-0.05, 0) is 26.8 Å². The third kappa shape index (κ3) is 4.33. The lowest BCUT2D eigenvalue weighted by atomic mass is 10.1. The van der Waals surface area contributed by atoms with Crippen molar-refractivity contribution in [3.63, 3.8) is 0 Å². The van der Waals surface area contributed by atoms with E-state index in [0.717, 1.165) is 31.9 Å². The van der Waals surface area contributed by atoms with E-state index in [0.29, 0.717) is 12.1 Å². The van der Waals surface area contributed by atoms with Crippen LogP contribution in [-0.2, 0) is 0 Å². The minimum Gasteiger partial charge on any atom is -0.507 e. The van der Waals surface area contributed by atoms with Gasteiger partial charge < -0.3 is 20.2 Å². The molecule has 118 valence electrons. The molecule has 0 amide bonds. The highest BCUT2D eigenvalue weighted by Gasteiger charge is 2.23. The highest BCUT2D eigenvalue weighted by molar-refractivity contribution is 5.54. The quantitative estimate of drug-likeness (QED) is 0.782. The summed E-state index contributed by atoms with van der Waals surface area (Å²) in [5.74, 6) is 0.140. The minimum atomic E-state index is -0.667. The number of phenolic OH excluding ortho intramolecular Hbond substituents is 1. The summed E-state index contributed by atoms with van der Waals surface area (Å²) in [6, 6.07) is 5.43. The minimum absolute atomic E-state index is 0.140. The van der Waals surface area contributed by atoms with Crippen molar-refractivity contribution in [2.24, 2.45) is 0 Å². The summed E-state index contributed by atoms with van der Waals surface area (Å²) in [7, 11) is 0. The summed E-state index contributed by atoms with van der Waals surface area (Å²) in [4.78, 5) is 4.47. The first-order valence-corrected chi connectivity index (χ1v) is 7.47. The number of β-amino-alcohol motifs (C(OH)–C–C–N with tert-alkyl or cyclic N) is 1. The molecular weight excluding hydrogens is 268 g/mol. The van der Waals surface area contributed by atoms with Crippen LogP contribution in [0.15, 0.2) is 18.2 Å². The van der Waals surface area contributed by atoms with Crippen molar-refractivity contribution in [3.8, 4) is 5.75 Å². The molecule has 1 aliphatic rings. The lowest BCUT2D eigenvalue weighted by molar-refractivity contribution is 0.0345. The second-order valence-corrected chi connectivity index (χ2v) is 6.49. The number of hydrogen-bond acceptors (Lipinski definition) is 5. The summed E-state index contributed by atoms with van der Waals surface area (Å²) in [5, 5.41) is 29.4. The van der Waals surface area contributed by atoms with Gasteiger partial charge in [0.2, 0.25) is 0 Å². The molecule has 5 heteroatoms. The number of phenols is 1. The second-order valence-electron chi connectivity index (χ2n) is 6.49. The normalized spacial score (nSPS) is 18.8. The number of rotatable bonds is 4. The highest BCUT2D eigenvalue weighted by atomic mass is 16.3. The van der Waals surface area contributed by atoms with Crippen LogP contribution in [0, 0.1) is 0 Å². The molecule has 0 radical (unpaired) electrons. The summed E-state index contributed by atoms with van der Waals surface area (Å²) >= 11 is 0. The van der Waals surface area contributed by atoms with Crippen LogP contribution in [0.2, 0.25) is 0 Å². The Balaban J connectivity index is 1.98. The van der Waals surface area contributed by atoms with Crippen molar-refractivity contribution in [3.05, 3.63) is 23.8 Å². The largest absolute Gasteiger partial charge is 0.507 e. The van der Waals surface area contributed by atoms with Crippen molar-refractivity contribution in [2.45, 2.75) is 32.5 Å². The Morgan fingerprint density at radius 1 is 1.19 bits per heavy atom. The van der Waals surface area contributed by atoms with Crippen LogP contribution in [0.4, 0.5) is 5.69 Å². The van der Waals surface area contributed by atoms with Crippen LogP contribution >= 0.6 is 0 Å². The van der Waals surface area contributed by atoms with Crippen LogP contribution < -0.4 is 4.90 Å². The summed E-state index contributed by atoms with van der Waals surface area (Å²) in [6.07, 6.45) is -0.664. The Hall–Kier alpha value is -1.30. The van der Waals surface area contributed by atoms with E-state index in [2.05, 4.69) is 9.80 Å². The van der Waals surface area contributed by atoms with E-state index in [1.165, 1.54) is 0 Å². The first-order valence-electron chi connectivity index (χ1n) is 7.47. The fourth-order valence-corrected chi connectivity index (χ4v) is 2.79. The van der Waals surface area contributed by atoms with Gasteiger partial charge in [0.1, 0.15) is 5.75 Å². The molecule has 1 saturated heterocycles.